The summed E-state index contributed by atoms with van der Waals surface area (Å²) in [5.41, 5.74) is -1.21. The van der Waals surface area contributed by atoms with Crippen molar-refractivity contribution in [2.24, 2.45) is 11.3 Å². The lowest BCUT2D eigenvalue weighted by molar-refractivity contribution is -0.174. The molecule has 1 rings (SSSR count). The number of hydrogen-bond donors (Lipinski definition) is 0. The molecule has 1 aliphatic rings. The third kappa shape index (κ3) is 4.51. The first-order valence-corrected chi connectivity index (χ1v) is 7.26. The van der Waals surface area contributed by atoms with E-state index in [1.54, 1.807) is 13.8 Å². The van der Waals surface area contributed by atoms with Crippen LogP contribution in [0.1, 0.15) is 59.8 Å². The SMILES string of the molecule is CCCOC(=O)C(C)(C)C(=O)OC1CCC(C)CC1. The van der Waals surface area contributed by atoms with E-state index in [1.807, 2.05) is 6.92 Å². The molecule has 0 amide bonds. The molecule has 4 heteroatoms. The second kappa shape index (κ2) is 6.92. The van der Waals surface area contributed by atoms with E-state index in [-0.39, 0.29) is 6.10 Å². The molecule has 0 saturated heterocycles. The van der Waals surface area contributed by atoms with Crippen molar-refractivity contribution in [2.45, 2.75) is 65.9 Å². The molecule has 0 atom stereocenters. The van der Waals surface area contributed by atoms with Crippen molar-refractivity contribution < 1.29 is 19.1 Å². The highest BCUT2D eigenvalue weighted by Gasteiger charge is 2.40. The molecule has 0 unspecified atom stereocenters. The van der Waals surface area contributed by atoms with Crippen molar-refractivity contribution in [3.8, 4) is 0 Å². The first-order chi connectivity index (χ1) is 8.87. The van der Waals surface area contributed by atoms with Gasteiger partial charge in [0.1, 0.15) is 6.10 Å². The summed E-state index contributed by atoms with van der Waals surface area (Å²) in [6.45, 7) is 7.61. The molecule has 0 bridgehead atoms. The van der Waals surface area contributed by atoms with Gasteiger partial charge in [-0.05, 0) is 51.9 Å². The molecular formula is C15H26O4. The van der Waals surface area contributed by atoms with E-state index in [4.69, 9.17) is 9.47 Å². The van der Waals surface area contributed by atoms with Crippen LogP contribution in [-0.4, -0.2) is 24.6 Å². The average molecular weight is 270 g/mol. The molecule has 0 aromatic carbocycles. The Morgan fingerprint density at radius 2 is 1.68 bits per heavy atom. The average Bonchev–Trinajstić information content (AvgIpc) is 2.38. The maximum absolute atomic E-state index is 12.1. The van der Waals surface area contributed by atoms with E-state index in [1.165, 1.54) is 0 Å². The van der Waals surface area contributed by atoms with Crippen LogP contribution in [0.15, 0.2) is 0 Å². The number of rotatable bonds is 5. The Morgan fingerprint density at radius 3 is 2.21 bits per heavy atom. The zero-order valence-electron chi connectivity index (χ0n) is 12.5. The number of ether oxygens (including phenoxy) is 2. The summed E-state index contributed by atoms with van der Waals surface area (Å²) in [5.74, 6) is -0.255. The number of esters is 2. The second-order valence-corrected chi connectivity index (χ2v) is 6.05. The highest BCUT2D eigenvalue weighted by atomic mass is 16.6. The minimum absolute atomic E-state index is 0.0399. The van der Waals surface area contributed by atoms with Gasteiger partial charge in [-0.25, -0.2) is 0 Å². The van der Waals surface area contributed by atoms with Crippen molar-refractivity contribution in [3.05, 3.63) is 0 Å². The van der Waals surface area contributed by atoms with Crippen molar-refractivity contribution in [1.82, 2.24) is 0 Å². The van der Waals surface area contributed by atoms with Crippen LogP contribution in [0.2, 0.25) is 0 Å². The quantitative estimate of drug-likeness (QED) is 0.569. The molecule has 110 valence electrons. The monoisotopic (exact) mass is 270 g/mol. The van der Waals surface area contributed by atoms with Crippen LogP contribution in [-0.2, 0) is 19.1 Å². The standard InChI is InChI=1S/C15H26O4/c1-5-10-18-13(16)15(3,4)14(17)19-12-8-6-11(2)7-9-12/h11-12H,5-10H2,1-4H3. The molecule has 1 fully saturated rings. The van der Waals surface area contributed by atoms with Crippen molar-refractivity contribution in [1.29, 1.82) is 0 Å². The summed E-state index contributed by atoms with van der Waals surface area (Å²) in [6, 6.07) is 0. The summed E-state index contributed by atoms with van der Waals surface area (Å²) >= 11 is 0. The van der Waals surface area contributed by atoms with Gasteiger partial charge in [0, 0.05) is 0 Å². The maximum atomic E-state index is 12.1. The highest BCUT2D eigenvalue weighted by molar-refractivity contribution is 5.99. The van der Waals surface area contributed by atoms with Gasteiger partial charge < -0.3 is 9.47 Å². The number of carbonyl (C=O) groups is 2. The molecule has 4 nitrogen and oxygen atoms in total. The summed E-state index contributed by atoms with van der Waals surface area (Å²) in [6.07, 6.45) is 4.66. The predicted molar refractivity (Wildman–Crippen MR) is 72.5 cm³/mol. The zero-order chi connectivity index (χ0) is 14.5. The number of hydrogen-bond acceptors (Lipinski definition) is 4. The molecule has 0 aromatic heterocycles. The van der Waals surface area contributed by atoms with Gasteiger partial charge in [0.05, 0.1) is 6.61 Å². The lowest BCUT2D eigenvalue weighted by Gasteiger charge is -2.29. The van der Waals surface area contributed by atoms with Gasteiger partial charge >= 0.3 is 11.9 Å². The smallest absolute Gasteiger partial charge is 0.323 e. The van der Waals surface area contributed by atoms with Gasteiger partial charge in [-0.2, -0.15) is 0 Å². The fraction of sp³-hybridized carbons (Fsp3) is 0.867. The fourth-order valence-corrected chi connectivity index (χ4v) is 2.10. The van der Waals surface area contributed by atoms with E-state index >= 15 is 0 Å². The van der Waals surface area contributed by atoms with Crippen LogP contribution in [0.4, 0.5) is 0 Å². The van der Waals surface area contributed by atoms with Crippen LogP contribution in [0.3, 0.4) is 0 Å². The van der Waals surface area contributed by atoms with Gasteiger partial charge in [-0.1, -0.05) is 13.8 Å². The van der Waals surface area contributed by atoms with Crippen LogP contribution in [0.5, 0.6) is 0 Å². The van der Waals surface area contributed by atoms with Crippen LogP contribution in [0.25, 0.3) is 0 Å². The third-order valence-electron chi connectivity index (χ3n) is 3.69. The van der Waals surface area contributed by atoms with Crippen molar-refractivity contribution >= 4 is 11.9 Å². The predicted octanol–water partition coefficient (Wildman–Crippen LogP) is 3.09. The Morgan fingerprint density at radius 1 is 1.11 bits per heavy atom. The van der Waals surface area contributed by atoms with Gasteiger partial charge in [-0.15, -0.1) is 0 Å². The minimum atomic E-state index is -1.21. The van der Waals surface area contributed by atoms with E-state index in [9.17, 15) is 9.59 Å². The van der Waals surface area contributed by atoms with E-state index in [2.05, 4.69) is 6.92 Å². The molecule has 0 aliphatic heterocycles. The maximum Gasteiger partial charge on any atom is 0.323 e. The summed E-state index contributed by atoms with van der Waals surface area (Å²) in [5, 5.41) is 0. The molecule has 0 aromatic rings. The highest BCUT2D eigenvalue weighted by Crippen LogP contribution is 2.28. The molecule has 0 heterocycles. The van der Waals surface area contributed by atoms with Gasteiger partial charge in [-0.3, -0.25) is 9.59 Å². The lowest BCUT2D eigenvalue weighted by Crippen LogP contribution is -2.39. The summed E-state index contributed by atoms with van der Waals surface area (Å²) in [4.78, 5) is 23.9. The van der Waals surface area contributed by atoms with Crippen molar-refractivity contribution in [2.75, 3.05) is 6.61 Å². The largest absolute Gasteiger partial charge is 0.465 e. The Bertz CT molecular complexity index is 314. The fourth-order valence-electron chi connectivity index (χ4n) is 2.10. The number of carbonyl (C=O) groups excluding carboxylic acids is 2. The first-order valence-electron chi connectivity index (χ1n) is 7.26. The lowest BCUT2D eigenvalue weighted by atomic mass is 9.88. The third-order valence-corrected chi connectivity index (χ3v) is 3.69. The molecule has 0 N–H and O–H groups in total. The van der Waals surface area contributed by atoms with Crippen molar-refractivity contribution in [3.63, 3.8) is 0 Å². The summed E-state index contributed by atoms with van der Waals surface area (Å²) in [7, 11) is 0. The second-order valence-electron chi connectivity index (χ2n) is 6.05. The van der Waals surface area contributed by atoms with Gasteiger partial charge in [0.2, 0.25) is 0 Å². The van der Waals surface area contributed by atoms with Crippen LogP contribution < -0.4 is 0 Å². The molecule has 1 saturated carbocycles. The first kappa shape index (κ1) is 16.0. The van der Waals surface area contributed by atoms with Gasteiger partial charge in [0.15, 0.2) is 5.41 Å². The Kier molecular flexibility index (Phi) is 5.83. The van der Waals surface area contributed by atoms with Crippen LogP contribution >= 0.6 is 0 Å². The topological polar surface area (TPSA) is 52.6 Å². The molecule has 1 aliphatic carbocycles. The minimum Gasteiger partial charge on any atom is -0.465 e. The molecule has 19 heavy (non-hydrogen) atoms. The van der Waals surface area contributed by atoms with E-state index < -0.39 is 17.4 Å². The molecule has 0 spiro atoms. The Labute approximate surface area is 115 Å². The van der Waals surface area contributed by atoms with E-state index in [0.717, 1.165) is 32.1 Å². The summed E-state index contributed by atoms with van der Waals surface area (Å²) < 4.78 is 10.5. The zero-order valence-corrected chi connectivity index (χ0v) is 12.5. The van der Waals surface area contributed by atoms with Crippen LogP contribution in [0, 0.1) is 11.3 Å². The normalized spacial score (nSPS) is 23.8. The Hall–Kier alpha value is -1.06. The molecule has 0 radical (unpaired) electrons. The van der Waals surface area contributed by atoms with Gasteiger partial charge in [0.25, 0.3) is 0 Å². The molecular weight excluding hydrogens is 244 g/mol. The van der Waals surface area contributed by atoms with E-state index in [0.29, 0.717) is 12.5 Å². The Balaban J connectivity index is 2.48.